The van der Waals surface area contributed by atoms with Gasteiger partial charge >= 0.3 is 5.97 Å². The summed E-state index contributed by atoms with van der Waals surface area (Å²) in [4.78, 5) is 35.8. The summed E-state index contributed by atoms with van der Waals surface area (Å²) in [6.07, 6.45) is 0.469. The highest BCUT2D eigenvalue weighted by Crippen LogP contribution is 2.38. The van der Waals surface area contributed by atoms with Crippen LogP contribution >= 0.6 is 0 Å². The third-order valence-corrected chi connectivity index (χ3v) is 6.31. The van der Waals surface area contributed by atoms with Crippen LogP contribution in [0.4, 0.5) is 0 Å². The van der Waals surface area contributed by atoms with Crippen LogP contribution in [0, 0.1) is 0 Å². The fraction of sp³-hybridized carbons (Fsp3) is 0.471. The molecule has 1 N–H and O–H groups in total. The lowest BCUT2D eigenvalue weighted by atomic mass is 9.96. The molecule has 0 bridgehead atoms. The third kappa shape index (κ3) is 3.25. The first-order valence-electron chi connectivity index (χ1n) is 8.41. The van der Waals surface area contributed by atoms with Crippen molar-refractivity contribution >= 4 is 27.8 Å². The highest BCUT2D eigenvalue weighted by molar-refractivity contribution is 7.90. The van der Waals surface area contributed by atoms with Gasteiger partial charge in [-0.25, -0.2) is 13.2 Å². The van der Waals surface area contributed by atoms with Gasteiger partial charge in [-0.15, -0.1) is 0 Å². The zero-order valence-electron chi connectivity index (χ0n) is 15.1. The lowest BCUT2D eigenvalue weighted by Crippen LogP contribution is -2.39. The van der Waals surface area contributed by atoms with Crippen LogP contribution in [0.5, 0.6) is 5.75 Å². The van der Waals surface area contributed by atoms with E-state index in [4.69, 9.17) is 9.47 Å². The van der Waals surface area contributed by atoms with Crippen molar-refractivity contribution in [3.63, 3.8) is 0 Å². The molecule has 2 heterocycles. The minimum Gasteiger partial charge on any atom is -0.497 e. The van der Waals surface area contributed by atoms with Crippen LogP contribution in [0.2, 0.25) is 0 Å². The normalized spacial score (nSPS) is 20.6. The first-order valence-corrected chi connectivity index (χ1v) is 9.85. The number of benzene rings is 1. The quantitative estimate of drug-likeness (QED) is 0.729. The van der Waals surface area contributed by atoms with Gasteiger partial charge in [-0.05, 0) is 24.0 Å². The molecular formula is C17H20N2O7S. The Labute approximate surface area is 156 Å². The minimum absolute atomic E-state index is 0.0658. The lowest BCUT2D eigenvalue weighted by Gasteiger charge is -2.17. The van der Waals surface area contributed by atoms with Gasteiger partial charge in [0.15, 0.2) is 6.73 Å². The monoisotopic (exact) mass is 396 g/mol. The summed E-state index contributed by atoms with van der Waals surface area (Å²) in [5.41, 5.74) is 0.603. The van der Waals surface area contributed by atoms with E-state index in [-0.39, 0.29) is 35.1 Å². The number of nitrogens with zero attached hydrogens (tertiary/aromatic N) is 1. The van der Waals surface area contributed by atoms with Crippen LogP contribution in [0.25, 0.3) is 0 Å². The summed E-state index contributed by atoms with van der Waals surface area (Å²) < 4.78 is 36.3. The van der Waals surface area contributed by atoms with Gasteiger partial charge in [0, 0.05) is 12.5 Å². The number of nitrogens with one attached hydrogen (secondary N) is 1. The van der Waals surface area contributed by atoms with E-state index in [1.165, 1.54) is 13.2 Å². The third-order valence-electron chi connectivity index (χ3n) is 4.58. The number of fused-ring (bicyclic) bond motifs is 1. The van der Waals surface area contributed by atoms with Crippen molar-refractivity contribution in [1.82, 2.24) is 9.62 Å². The van der Waals surface area contributed by atoms with Gasteiger partial charge < -0.3 is 14.8 Å². The molecule has 9 nitrogen and oxygen atoms in total. The van der Waals surface area contributed by atoms with Crippen LogP contribution in [0.3, 0.4) is 0 Å². The maximum atomic E-state index is 12.8. The molecule has 0 spiro atoms. The fourth-order valence-corrected chi connectivity index (χ4v) is 4.58. The van der Waals surface area contributed by atoms with Gasteiger partial charge in [-0.1, -0.05) is 13.8 Å². The topological polar surface area (TPSA) is 119 Å². The number of hydrogen-bond acceptors (Lipinski definition) is 7. The number of methoxy groups -OCH3 is 1. The Bertz CT molecular complexity index is 923. The summed E-state index contributed by atoms with van der Waals surface area (Å²) >= 11 is 0. The van der Waals surface area contributed by atoms with E-state index in [2.05, 4.69) is 5.32 Å². The van der Waals surface area contributed by atoms with Crippen LogP contribution in [-0.2, 0) is 24.3 Å². The molecule has 1 fully saturated rings. The largest absolute Gasteiger partial charge is 0.497 e. The van der Waals surface area contributed by atoms with Gasteiger partial charge in [-0.3, -0.25) is 9.59 Å². The van der Waals surface area contributed by atoms with Crippen molar-refractivity contribution in [3.8, 4) is 5.75 Å². The Kier molecular flexibility index (Phi) is 4.85. The number of sulfonamides is 1. The van der Waals surface area contributed by atoms with Gasteiger partial charge in [0.2, 0.25) is 5.91 Å². The first kappa shape index (κ1) is 19.2. The zero-order chi connectivity index (χ0) is 19.9. The molecule has 0 aromatic heterocycles. The van der Waals surface area contributed by atoms with Crippen molar-refractivity contribution in [2.24, 2.45) is 0 Å². The van der Waals surface area contributed by atoms with Crippen molar-refractivity contribution in [3.05, 3.63) is 23.3 Å². The second kappa shape index (κ2) is 6.84. The molecule has 2 aliphatic rings. The summed E-state index contributed by atoms with van der Waals surface area (Å²) in [7, 11) is -2.77. The number of carbonyl (C=O) groups excluding carboxylic acids is 3. The Morgan fingerprint density at radius 1 is 1.33 bits per heavy atom. The van der Waals surface area contributed by atoms with E-state index in [1.54, 1.807) is 6.07 Å². The zero-order valence-corrected chi connectivity index (χ0v) is 16.0. The second-order valence-electron chi connectivity index (χ2n) is 6.65. The molecule has 0 radical (unpaired) electrons. The highest BCUT2D eigenvalue weighted by atomic mass is 32.2. The van der Waals surface area contributed by atoms with Crippen molar-refractivity contribution < 1.29 is 32.3 Å². The van der Waals surface area contributed by atoms with E-state index in [1.807, 2.05) is 13.8 Å². The molecule has 1 aromatic rings. The number of esters is 1. The van der Waals surface area contributed by atoms with E-state index < -0.39 is 34.7 Å². The van der Waals surface area contributed by atoms with Crippen LogP contribution in [0.1, 0.15) is 48.5 Å². The summed E-state index contributed by atoms with van der Waals surface area (Å²) in [5, 5.41) is 2.43. The highest BCUT2D eigenvalue weighted by Gasteiger charge is 2.44. The molecule has 2 amide bonds. The second-order valence-corrected chi connectivity index (χ2v) is 8.49. The molecule has 146 valence electrons. The molecule has 1 aromatic carbocycles. The number of carbonyl (C=O) groups is 3. The molecular weight excluding hydrogens is 376 g/mol. The molecule has 1 unspecified atom stereocenters. The van der Waals surface area contributed by atoms with Gasteiger partial charge in [0.05, 0.1) is 12.7 Å². The van der Waals surface area contributed by atoms with Crippen molar-refractivity contribution in [2.45, 2.75) is 43.5 Å². The van der Waals surface area contributed by atoms with E-state index in [0.29, 0.717) is 15.6 Å². The van der Waals surface area contributed by atoms with Crippen molar-refractivity contribution in [2.75, 3.05) is 13.8 Å². The average molecular weight is 396 g/mol. The van der Waals surface area contributed by atoms with Gasteiger partial charge in [0.1, 0.15) is 16.7 Å². The Balaban J connectivity index is 1.88. The standard InChI is InChI=1S/C17H20N2O7S/c1-9(2)11-6-10(25-3)7-13-15(11)16(21)19(27(13,23)24)8-26-17(22)12-4-5-14(20)18-12/h6-7,9,12H,4-5,8H2,1-3H3,(H,18,20). The summed E-state index contributed by atoms with van der Waals surface area (Å²) in [5.74, 6) is -1.60. The SMILES string of the molecule is COc1cc(C(C)C)c2c(c1)S(=O)(=O)N(COC(=O)C1CCC(=O)N1)C2=O. The number of hydrogen-bond donors (Lipinski definition) is 1. The predicted octanol–water partition coefficient (Wildman–Crippen LogP) is 0.742. The van der Waals surface area contributed by atoms with Crippen LogP contribution in [0.15, 0.2) is 17.0 Å². The smallest absolute Gasteiger partial charge is 0.330 e. The predicted molar refractivity (Wildman–Crippen MR) is 92.6 cm³/mol. The molecule has 0 saturated carbocycles. The van der Waals surface area contributed by atoms with Crippen LogP contribution in [-0.4, -0.2) is 50.4 Å². The molecule has 0 aliphatic carbocycles. The van der Waals surface area contributed by atoms with Gasteiger partial charge in [0.25, 0.3) is 15.9 Å². The van der Waals surface area contributed by atoms with E-state index in [0.717, 1.165) is 0 Å². The Morgan fingerprint density at radius 3 is 2.59 bits per heavy atom. The number of amides is 2. The molecule has 2 aliphatic heterocycles. The van der Waals surface area contributed by atoms with Crippen LogP contribution < -0.4 is 10.1 Å². The molecule has 27 heavy (non-hydrogen) atoms. The molecule has 10 heteroatoms. The Morgan fingerprint density at radius 2 is 2.04 bits per heavy atom. The minimum atomic E-state index is -4.17. The molecule has 1 saturated heterocycles. The molecule has 1 atom stereocenters. The van der Waals surface area contributed by atoms with Gasteiger partial charge in [-0.2, -0.15) is 4.31 Å². The number of rotatable bonds is 5. The summed E-state index contributed by atoms with van der Waals surface area (Å²) in [6.45, 7) is 2.92. The maximum absolute atomic E-state index is 12.8. The Hall–Kier alpha value is -2.62. The molecule has 3 rings (SSSR count). The van der Waals surface area contributed by atoms with E-state index in [9.17, 15) is 22.8 Å². The maximum Gasteiger partial charge on any atom is 0.330 e. The first-order chi connectivity index (χ1) is 12.7. The lowest BCUT2D eigenvalue weighted by molar-refractivity contribution is -0.148. The summed E-state index contributed by atoms with van der Waals surface area (Å²) in [6, 6.07) is 2.08. The van der Waals surface area contributed by atoms with Crippen molar-refractivity contribution in [1.29, 1.82) is 0 Å². The van der Waals surface area contributed by atoms with E-state index >= 15 is 0 Å². The fourth-order valence-electron chi connectivity index (χ4n) is 3.11. The number of ether oxygens (including phenoxy) is 2. The average Bonchev–Trinajstić information content (AvgIpc) is 3.13.